The molecule has 8 heteroatoms. The number of carbonyl (C=O) groups is 2. The molecule has 2 amide bonds. The smallest absolute Gasteiger partial charge is 0.256 e. The van der Waals surface area contributed by atoms with Gasteiger partial charge in [0, 0.05) is 50.2 Å². The number of aromatic amines is 1. The summed E-state index contributed by atoms with van der Waals surface area (Å²) in [6.07, 6.45) is 5.26. The lowest BCUT2D eigenvalue weighted by Crippen LogP contribution is -2.57. The Hall–Kier alpha value is -2.38. The van der Waals surface area contributed by atoms with E-state index < -0.39 is 0 Å². The molecule has 1 atom stereocenters. The van der Waals surface area contributed by atoms with Gasteiger partial charge in [0.05, 0.1) is 12.1 Å². The summed E-state index contributed by atoms with van der Waals surface area (Å²) < 4.78 is 13.2. The Balaban J connectivity index is 0.00000225. The van der Waals surface area contributed by atoms with Crippen LogP contribution in [0.5, 0.6) is 0 Å². The molecular formula is C20H24ClFN4O2. The van der Waals surface area contributed by atoms with Crippen molar-refractivity contribution < 1.29 is 14.0 Å². The number of halogens is 2. The lowest BCUT2D eigenvalue weighted by molar-refractivity contribution is -0.135. The number of hydrogen-bond acceptors (Lipinski definition) is 3. The van der Waals surface area contributed by atoms with Gasteiger partial charge in [-0.25, -0.2) is 4.39 Å². The molecule has 1 aromatic heterocycles. The van der Waals surface area contributed by atoms with E-state index in [2.05, 4.69) is 10.3 Å². The van der Waals surface area contributed by atoms with Crippen LogP contribution in [0.1, 0.15) is 23.2 Å². The zero-order valence-corrected chi connectivity index (χ0v) is 16.3. The summed E-state index contributed by atoms with van der Waals surface area (Å²) in [5.41, 5.74) is 2.14. The number of rotatable bonds is 3. The predicted octanol–water partition coefficient (Wildman–Crippen LogP) is 2.28. The number of hydrogen-bond donors (Lipinski definition) is 2. The molecule has 1 aromatic carbocycles. The summed E-state index contributed by atoms with van der Waals surface area (Å²) in [4.78, 5) is 32.1. The molecule has 2 aliphatic heterocycles. The van der Waals surface area contributed by atoms with Gasteiger partial charge in [-0.05, 0) is 30.5 Å². The number of amides is 2. The Morgan fingerprint density at radius 2 is 1.93 bits per heavy atom. The second kappa shape index (κ2) is 8.75. The molecule has 2 N–H and O–H groups in total. The predicted molar refractivity (Wildman–Crippen MR) is 107 cm³/mol. The van der Waals surface area contributed by atoms with Gasteiger partial charge in [0.15, 0.2) is 0 Å². The summed E-state index contributed by atoms with van der Waals surface area (Å²) in [6, 6.07) is 6.21. The maximum Gasteiger partial charge on any atom is 0.256 e. The van der Waals surface area contributed by atoms with Crippen molar-refractivity contribution in [2.75, 3.05) is 32.7 Å². The van der Waals surface area contributed by atoms with E-state index in [1.165, 1.54) is 12.1 Å². The van der Waals surface area contributed by atoms with Gasteiger partial charge in [-0.3, -0.25) is 9.59 Å². The van der Waals surface area contributed by atoms with E-state index in [1.807, 2.05) is 9.80 Å². The van der Waals surface area contributed by atoms with E-state index >= 15 is 0 Å². The minimum Gasteiger partial charge on any atom is -0.366 e. The number of nitrogens with one attached hydrogen (secondary N) is 2. The second-order valence-corrected chi connectivity index (χ2v) is 7.10. The number of carbonyl (C=O) groups excluding carboxylic acids is 2. The van der Waals surface area contributed by atoms with Gasteiger partial charge in [0.1, 0.15) is 5.82 Å². The van der Waals surface area contributed by atoms with E-state index in [9.17, 15) is 14.0 Å². The molecule has 0 aliphatic carbocycles. The third kappa shape index (κ3) is 4.05. The van der Waals surface area contributed by atoms with Crippen LogP contribution in [0, 0.1) is 5.82 Å². The third-order valence-electron chi connectivity index (χ3n) is 5.38. The average Bonchev–Trinajstić information content (AvgIpc) is 3.18. The van der Waals surface area contributed by atoms with Crippen molar-refractivity contribution in [3.63, 3.8) is 0 Å². The fourth-order valence-corrected chi connectivity index (χ4v) is 3.98. The molecule has 150 valence electrons. The first-order valence-electron chi connectivity index (χ1n) is 9.35. The van der Waals surface area contributed by atoms with Crippen LogP contribution in [0.2, 0.25) is 0 Å². The summed E-state index contributed by atoms with van der Waals surface area (Å²) in [6.45, 7) is 3.10. The minimum absolute atomic E-state index is 0. The molecule has 28 heavy (non-hydrogen) atoms. The molecule has 0 radical (unpaired) electrons. The number of aromatic nitrogens is 1. The van der Waals surface area contributed by atoms with Crippen molar-refractivity contribution >= 4 is 24.2 Å². The lowest BCUT2D eigenvalue weighted by atomic mass is 10.00. The fraction of sp³-hybridized carbons (Fsp3) is 0.400. The summed E-state index contributed by atoms with van der Waals surface area (Å²) in [5.74, 6) is -0.251. The number of H-pyrrole nitrogens is 1. The molecule has 0 spiro atoms. The van der Waals surface area contributed by atoms with E-state index in [-0.39, 0.29) is 36.1 Å². The van der Waals surface area contributed by atoms with Gasteiger partial charge in [-0.1, -0.05) is 12.1 Å². The largest absolute Gasteiger partial charge is 0.366 e. The Morgan fingerprint density at radius 3 is 2.68 bits per heavy atom. The first-order chi connectivity index (χ1) is 13.1. The van der Waals surface area contributed by atoms with Gasteiger partial charge in [-0.2, -0.15) is 0 Å². The molecule has 3 heterocycles. The molecule has 0 saturated carbocycles. The topological polar surface area (TPSA) is 68.4 Å². The van der Waals surface area contributed by atoms with Crippen LogP contribution < -0.4 is 5.32 Å². The quantitative estimate of drug-likeness (QED) is 0.821. The molecular weight excluding hydrogens is 383 g/mol. The van der Waals surface area contributed by atoms with Crippen LogP contribution in [0.4, 0.5) is 4.39 Å². The van der Waals surface area contributed by atoms with Crippen molar-refractivity contribution in [1.82, 2.24) is 20.1 Å². The fourth-order valence-electron chi connectivity index (χ4n) is 3.98. The SMILES string of the molecule is Cl.O=C(c1c[nH]cc1-c1ccc(F)cc1)N1CCCC(N2CCNCC2=O)C1. The monoisotopic (exact) mass is 406 g/mol. The van der Waals surface area contributed by atoms with Crippen LogP contribution in [0.15, 0.2) is 36.7 Å². The summed E-state index contributed by atoms with van der Waals surface area (Å²) in [7, 11) is 0. The van der Waals surface area contributed by atoms with E-state index in [0.29, 0.717) is 31.7 Å². The standard InChI is InChI=1S/C20H23FN4O2.ClH/c21-15-5-3-14(4-6-15)17-10-23-11-18(17)20(27)24-8-1-2-16(13-24)25-9-7-22-12-19(25)26;/h3-6,10-11,16,22-23H,1-2,7-9,12-13H2;1H. The van der Waals surface area contributed by atoms with Crippen LogP contribution in [-0.4, -0.2) is 65.4 Å². The number of piperazine rings is 1. The van der Waals surface area contributed by atoms with Crippen LogP contribution in [0.25, 0.3) is 11.1 Å². The molecule has 2 aliphatic rings. The molecule has 4 rings (SSSR count). The normalized spacial score (nSPS) is 20.0. The first-order valence-corrected chi connectivity index (χ1v) is 9.35. The number of piperidine rings is 1. The Kier molecular flexibility index (Phi) is 6.36. The highest BCUT2D eigenvalue weighted by molar-refractivity contribution is 6.00. The van der Waals surface area contributed by atoms with Gasteiger partial charge in [-0.15, -0.1) is 12.4 Å². The molecule has 1 unspecified atom stereocenters. The van der Waals surface area contributed by atoms with Gasteiger partial charge in [0.2, 0.25) is 5.91 Å². The van der Waals surface area contributed by atoms with Crippen LogP contribution in [-0.2, 0) is 4.79 Å². The van der Waals surface area contributed by atoms with Gasteiger partial charge in [0.25, 0.3) is 5.91 Å². The van der Waals surface area contributed by atoms with E-state index in [1.54, 1.807) is 24.5 Å². The highest BCUT2D eigenvalue weighted by Crippen LogP contribution is 2.26. The Morgan fingerprint density at radius 1 is 1.14 bits per heavy atom. The number of benzene rings is 1. The molecule has 2 saturated heterocycles. The van der Waals surface area contributed by atoms with Gasteiger partial charge < -0.3 is 20.1 Å². The molecule has 0 bridgehead atoms. The van der Waals surface area contributed by atoms with E-state index in [0.717, 1.165) is 30.5 Å². The van der Waals surface area contributed by atoms with Gasteiger partial charge >= 0.3 is 0 Å². The van der Waals surface area contributed by atoms with Crippen molar-refractivity contribution in [3.05, 3.63) is 48.0 Å². The molecule has 2 aromatic rings. The maximum absolute atomic E-state index is 13.2. The Labute approximate surface area is 169 Å². The third-order valence-corrected chi connectivity index (χ3v) is 5.38. The van der Waals surface area contributed by atoms with Crippen molar-refractivity contribution in [1.29, 1.82) is 0 Å². The average molecular weight is 407 g/mol. The van der Waals surface area contributed by atoms with Crippen molar-refractivity contribution in [2.24, 2.45) is 0 Å². The number of likely N-dealkylation sites (tertiary alicyclic amines) is 1. The zero-order valence-electron chi connectivity index (χ0n) is 15.5. The number of nitrogens with zero attached hydrogens (tertiary/aromatic N) is 2. The van der Waals surface area contributed by atoms with Crippen LogP contribution in [0.3, 0.4) is 0 Å². The first kappa shape index (κ1) is 20.4. The highest BCUT2D eigenvalue weighted by Gasteiger charge is 2.32. The molecule has 6 nitrogen and oxygen atoms in total. The highest BCUT2D eigenvalue weighted by atomic mass is 35.5. The lowest BCUT2D eigenvalue weighted by Gasteiger charge is -2.41. The minimum atomic E-state index is -0.304. The van der Waals surface area contributed by atoms with Crippen molar-refractivity contribution in [3.8, 4) is 11.1 Å². The van der Waals surface area contributed by atoms with Crippen molar-refractivity contribution in [2.45, 2.75) is 18.9 Å². The maximum atomic E-state index is 13.2. The van der Waals surface area contributed by atoms with Crippen LogP contribution >= 0.6 is 12.4 Å². The molecule has 2 fully saturated rings. The summed E-state index contributed by atoms with van der Waals surface area (Å²) >= 11 is 0. The second-order valence-electron chi connectivity index (χ2n) is 7.10. The summed E-state index contributed by atoms with van der Waals surface area (Å²) in [5, 5.41) is 3.09. The van der Waals surface area contributed by atoms with E-state index in [4.69, 9.17) is 0 Å². The zero-order chi connectivity index (χ0) is 18.8. The Bertz CT molecular complexity index is 839.